The maximum absolute atomic E-state index is 5.62. The Hall–Kier alpha value is -2.49. The molecule has 0 aliphatic heterocycles. The number of hydrogen-bond acceptors (Lipinski definition) is 3. The third-order valence-electron chi connectivity index (χ3n) is 3.70. The fraction of sp³-hybridized carbons (Fsp3) is 0.130. The highest BCUT2D eigenvalue weighted by Gasteiger charge is 1.97. The van der Waals surface area contributed by atoms with Crippen LogP contribution in [0.3, 0.4) is 0 Å². The van der Waals surface area contributed by atoms with E-state index in [1.807, 2.05) is 48.5 Å². The molecule has 0 radical (unpaired) electrons. The molecule has 3 aromatic carbocycles. The molecule has 2 nitrogen and oxygen atoms in total. The van der Waals surface area contributed by atoms with E-state index < -0.39 is 0 Å². The molecular formula is C23H22O2S. The Morgan fingerprint density at radius 2 is 1.46 bits per heavy atom. The van der Waals surface area contributed by atoms with Gasteiger partial charge < -0.3 is 9.47 Å². The zero-order valence-corrected chi connectivity index (χ0v) is 15.4. The van der Waals surface area contributed by atoms with Gasteiger partial charge in [0.05, 0.1) is 6.61 Å². The van der Waals surface area contributed by atoms with Crippen molar-refractivity contribution < 1.29 is 9.47 Å². The third-order valence-corrected chi connectivity index (χ3v) is 4.66. The Kier molecular flexibility index (Phi) is 7.39. The lowest BCUT2D eigenvalue weighted by Crippen LogP contribution is -2.02. The van der Waals surface area contributed by atoms with Crippen molar-refractivity contribution in [1.82, 2.24) is 0 Å². The van der Waals surface area contributed by atoms with Crippen molar-refractivity contribution in [3.05, 3.63) is 102 Å². The number of ether oxygens (including phenoxy) is 2. The summed E-state index contributed by atoms with van der Waals surface area (Å²) in [5.74, 6) is 1.76. The van der Waals surface area contributed by atoms with Crippen LogP contribution >= 0.6 is 11.8 Å². The van der Waals surface area contributed by atoms with E-state index in [1.165, 1.54) is 10.5 Å². The number of benzene rings is 3. The van der Waals surface area contributed by atoms with Crippen LogP contribution in [-0.2, 0) is 11.3 Å². The normalized spacial score (nSPS) is 10.9. The predicted octanol–water partition coefficient (Wildman–Crippen LogP) is 6.05. The summed E-state index contributed by atoms with van der Waals surface area (Å²) >= 11 is 1.80. The SMILES string of the molecule is C(=Cc1ccccc1)CSc1ccc(OCOCc2ccccc2)cc1. The molecule has 0 N–H and O–H groups in total. The van der Waals surface area contributed by atoms with Crippen LogP contribution in [0.5, 0.6) is 5.75 Å². The molecule has 26 heavy (non-hydrogen) atoms. The highest BCUT2D eigenvalue weighted by atomic mass is 32.2. The molecule has 0 unspecified atom stereocenters. The Morgan fingerprint density at radius 1 is 0.769 bits per heavy atom. The number of hydrogen-bond donors (Lipinski definition) is 0. The van der Waals surface area contributed by atoms with Gasteiger partial charge in [0.25, 0.3) is 0 Å². The fourth-order valence-electron chi connectivity index (χ4n) is 2.37. The summed E-state index contributed by atoms with van der Waals surface area (Å²) in [5.41, 5.74) is 2.37. The molecule has 0 aliphatic carbocycles. The van der Waals surface area contributed by atoms with E-state index in [0.29, 0.717) is 6.61 Å². The van der Waals surface area contributed by atoms with E-state index in [9.17, 15) is 0 Å². The maximum atomic E-state index is 5.62. The van der Waals surface area contributed by atoms with Crippen LogP contribution < -0.4 is 4.74 Å². The standard InChI is InChI=1S/C23H22O2S/c1-3-8-20(9-4-1)12-7-17-26-23-15-13-22(14-16-23)25-19-24-18-21-10-5-2-6-11-21/h1-16H,17-19H2. The van der Waals surface area contributed by atoms with Crippen molar-refractivity contribution in [2.45, 2.75) is 11.5 Å². The van der Waals surface area contributed by atoms with Crippen molar-refractivity contribution in [2.24, 2.45) is 0 Å². The van der Waals surface area contributed by atoms with Gasteiger partial charge in [-0.25, -0.2) is 0 Å². The van der Waals surface area contributed by atoms with Crippen molar-refractivity contribution in [2.75, 3.05) is 12.5 Å². The first kappa shape index (κ1) is 18.3. The molecule has 0 amide bonds. The minimum absolute atomic E-state index is 0.251. The Labute approximate surface area is 159 Å². The molecule has 0 fully saturated rings. The zero-order valence-electron chi connectivity index (χ0n) is 14.6. The minimum atomic E-state index is 0.251. The first-order chi connectivity index (χ1) is 12.9. The lowest BCUT2D eigenvalue weighted by Gasteiger charge is -2.08. The molecule has 0 spiro atoms. The van der Waals surface area contributed by atoms with Gasteiger partial charge in [0.15, 0.2) is 6.79 Å². The van der Waals surface area contributed by atoms with Crippen LogP contribution in [0.2, 0.25) is 0 Å². The summed E-state index contributed by atoms with van der Waals surface area (Å²) in [5, 5.41) is 0. The first-order valence-electron chi connectivity index (χ1n) is 8.59. The molecule has 3 rings (SSSR count). The van der Waals surface area contributed by atoms with Crippen molar-refractivity contribution in [1.29, 1.82) is 0 Å². The van der Waals surface area contributed by atoms with Crippen LogP contribution in [0.15, 0.2) is 95.9 Å². The molecule has 0 heterocycles. The Balaban J connectivity index is 1.36. The monoisotopic (exact) mass is 362 g/mol. The van der Waals surface area contributed by atoms with Crippen molar-refractivity contribution >= 4 is 17.8 Å². The molecule has 0 atom stereocenters. The van der Waals surface area contributed by atoms with Gasteiger partial charge in [0.1, 0.15) is 5.75 Å². The van der Waals surface area contributed by atoms with Gasteiger partial charge in [0.2, 0.25) is 0 Å². The number of thioether (sulfide) groups is 1. The van der Waals surface area contributed by atoms with E-state index in [2.05, 4.69) is 48.6 Å². The van der Waals surface area contributed by atoms with Gasteiger partial charge in [-0.1, -0.05) is 72.8 Å². The van der Waals surface area contributed by atoms with E-state index >= 15 is 0 Å². The van der Waals surface area contributed by atoms with Crippen LogP contribution in [0.4, 0.5) is 0 Å². The molecule has 0 saturated carbocycles. The molecule has 3 aromatic rings. The minimum Gasteiger partial charge on any atom is -0.468 e. The Bertz CT molecular complexity index is 783. The molecule has 0 aromatic heterocycles. The van der Waals surface area contributed by atoms with Gasteiger partial charge in [-0.15, -0.1) is 11.8 Å². The summed E-state index contributed by atoms with van der Waals surface area (Å²) in [4.78, 5) is 1.22. The largest absolute Gasteiger partial charge is 0.468 e. The molecular weight excluding hydrogens is 340 g/mol. The maximum Gasteiger partial charge on any atom is 0.189 e. The van der Waals surface area contributed by atoms with Crippen LogP contribution in [0, 0.1) is 0 Å². The predicted molar refractivity (Wildman–Crippen MR) is 109 cm³/mol. The first-order valence-corrected chi connectivity index (χ1v) is 9.58. The quantitative estimate of drug-likeness (QED) is 0.262. The van der Waals surface area contributed by atoms with Crippen LogP contribution in [0.1, 0.15) is 11.1 Å². The van der Waals surface area contributed by atoms with Gasteiger partial charge in [0, 0.05) is 10.6 Å². The van der Waals surface area contributed by atoms with Crippen molar-refractivity contribution in [3.63, 3.8) is 0 Å². The van der Waals surface area contributed by atoms with E-state index in [4.69, 9.17) is 9.47 Å². The topological polar surface area (TPSA) is 18.5 Å². The second-order valence-electron chi connectivity index (χ2n) is 5.69. The summed E-state index contributed by atoms with van der Waals surface area (Å²) in [6.45, 7) is 0.809. The van der Waals surface area contributed by atoms with Crippen molar-refractivity contribution in [3.8, 4) is 5.75 Å². The molecule has 3 heteroatoms. The fourth-order valence-corrected chi connectivity index (χ4v) is 3.08. The number of rotatable bonds is 9. The lowest BCUT2D eigenvalue weighted by atomic mass is 10.2. The summed E-state index contributed by atoms with van der Waals surface area (Å²) in [7, 11) is 0. The van der Waals surface area contributed by atoms with Gasteiger partial charge in [-0.3, -0.25) is 0 Å². The highest BCUT2D eigenvalue weighted by Crippen LogP contribution is 2.22. The van der Waals surface area contributed by atoms with E-state index in [1.54, 1.807) is 11.8 Å². The summed E-state index contributed by atoms with van der Waals surface area (Å²) in [6.07, 6.45) is 4.33. The van der Waals surface area contributed by atoms with Gasteiger partial charge >= 0.3 is 0 Å². The summed E-state index contributed by atoms with van der Waals surface area (Å²) < 4.78 is 11.2. The van der Waals surface area contributed by atoms with Gasteiger partial charge in [-0.2, -0.15) is 0 Å². The van der Waals surface area contributed by atoms with Gasteiger partial charge in [-0.05, 0) is 35.4 Å². The lowest BCUT2D eigenvalue weighted by molar-refractivity contribution is 0.00502. The Morgan fingerprint density at radius 3 is 2.19 bits per heavy atom. The average Bonchev–Trinajstić information content (AvgIpc) is 2.71. The molecule has 132 valence electrons. The van der Waals surface area contributed by atoms with Crippen LogP contribution in [0.25, 0.3) is 6.08 Å². The smallest absolute Gasteiger partial charge is 0.189 e. The average molecular weight is 362 g/mol. The second kappa shape index (κ2) is 10.5. The zero-order chi connectivity index (χ0) is 17.9. The second-order valence-corrected chi connectivity index (χ2v) is 6.79. The summed E-state index contributed by atoms with van der Waals surface area (Å²) in [6, 6.07) is 28.5. The third kappa shape index (κ3) is 6.43. The molecule has 0 aliphatic rings. The van der Waals surface area contributed by atoms with E-state index in [0.717, 1.165) is 17.1 Å². The highest BCUT2D eigenvalue weighted by molar-refractivity contribution is 7.99. The molecule has 0 bridgehead atoms. The van der Waals surface area contributed by atoms with Crippen LogP contribution in [-0.4, -0.2) is 12.5 Å². The van der Waals surface area contributed by atoms with E-state index in [-0.39, 0.29) is 6.79 Å². The molecule has 0 saturated heterocycles.